The lowest BCUT2D eigenvalue weighted by Crippen LogP contribution is -2.09. The van der Waals surface area contributed by atoms with Crippen LogP contribution in [0.4, 0.5) is 0 Å². The van der Waals surface area contributed by atoms with Gasteiger partial charge >= 0.3 is 0 Å². The maximum Gasteiger partial charge on any atom is 0.260 e. The quantitative estimate of drug-likeness (QED) is 0.528. The molecule has 30 heavy (non-hydrogen) atoms. The van der Waals surface area contributed by atoms with Gasteiger partial charge in [0.2, 0.25) is 0 Å². The van der Waals surface area contributed by atoms with E-state index in [1.807, 2.05) is 48.5 Å². The Morgan fingerprint density at radius 2 is 1.67 bits per heavy atom. The number of pyridine rings is 2. The lowest BCUT2D eigenvalue weighted by atomic mass is 10.1. The van der Waals surface area contributed by atoms with Gasteiger partial charge in [-0.3, -0.25) is 9.00 Å². The molecule has 4 rings (SSSR count). The molecular formula is C23H20N2O4S. The van der Waals surface area contributed by atoms with Crippen LogP contribution < -0.4 is 15.0 Å². The number of fused-ring (bicyclic) bond motifs is 1. The van der Waals surface area contributed by atoms with Crippen molar-refractivity contribution in [3.05, 3.63) is 71.0 Å². The molecule has 1 N–H and O–H groups in total. The van der Waals surface area contributed by atoms with Gasteiger partial charge in [0.1, 0.15) is 11.5 Å². The van der Waals surface area contributed by atoms with Crippen LogP contribution in [0.3, 0.4) is 0 Å². The number of nitrogens with one attached hydrogen (secondary N) is 1. The predicted octanol–water partition coefficient (Wildman–Crippen LogP) is 4.01. The summed E-state index contributed by atoms with van der Waals surface area (Å²) in [6.45, 7) is 0. The molecule has 7 heteroatoms. The van der Waals surface area contributed by atoms with E-state index in [2.05, 4.69) is 4.98 Å². The molecule has 2 heterocycles. The Morgan fingerprint density at radius 3 is 2.33 bits per heavy atom. The summed E-state index contributed by atoms with van der Waals surface area (Å²) in [6.07, 6.45) is 1.65. The molecule has 1 unspecified atom stereocenters. The standard InChI is InChI=1S/C23H20N2O4S/c1-28-16-11-15-12-20(25-23(26)22(15)21(13-16)29-2)19-6-4-5-18(24-19)14-7-9-17(10-8-14)30(3)27/h4-13H,1-3H3,(H,25,26). The van der Waals surface area contributed by atoms with Gasteiger partial charge in [0, 0.05) is 33.6 Å². The number of hydrogen-bond donors (Lipinski definition) is 1. The van der Waals surface area contributed by atoms with Crippen LogP contribution >= 0.6 is 0 Å². The first-order valence-corrected chi connectivity index (χ1v) is 10.8. The Bertz CT molecular complexity index is 1310. The third kappa shape index (κ3) is 3.71. The lowest BCUT2D eigenvalue weighted by Gasteiger charge is -2.10. The van der Waals surface area contributed by atoms with Crippen molar-refractivity contribution in [1.29, 1.82) is 0 Å². The molecule has 0 aliphatic rings. The highest BCUT2D eigenvalue weighted by Gasteiger charge is 2.13. The van der Waals surface area contributed by atoms with Crippen LogP contribution in [-0.2, 0) is 10.8 Å². The van der Waals surface area contributed by atoms with Gasteiger partial charge in [0.15, 0.2) is 0 Å². The van der Waals surface area contributed by atoms with E-state index >= 15 is 0 Å². The molecular weight excluding hydrogens is 400 g/mol. The number of rotatable bonds is 5. The average Bonchev–Trinajstić information content (AvgIpc) is 2.78. The van der Waals surface area contributed by atoms with E-state index in [4.69, 9.17) is 14.5 Å². The molecule has 0 spiro atoms. The van der Waals surface area contributed by atoms with Crippen molar-refractivity contribution in [2.45, 2.75) is 4.90 Å². The normalized spacial score (nSPS) is 12.0. The van der Waals surface area contributed by atoms with E-state index < -0.39 is 10.8 Å². The second kappa shape index (κ2) is 8.12. The zero-order chi connectivity index (χ0) is 21.3. The smallest absolute Gasteiger partial charge is 0.260 e. The highest BCUT2D eigenvalue weighted by atomic mass is 32.2. The van der Waals surface area contributed by atoms with Gasteiger partial charge < -0.3 is 14.5 Å². The number of nitrogens with zero attached hydrogens (tertiary/aromatic N) is 1. The molecule has 2 aromatic heterocycles. The summed E-state index contributed by atoms with van der Waals surface area (Å²) >= 11 is 0. The fraction of sp³-hybridized carbons (Fsp3) is 0.130. The molecule has 4 aromatic rings. The number of aromatic amines is 1. The average molecular weight is 420 g/mol. The van der Waals surface area contributed by atoms with Gasteiger partial charge in [-0.25, -0.2) is 4.98 Å². The number of aromatic nitrogens is 2. The van der Waals surface area contributed by atoms with Crippen LogP contribution in [0.15, 0.2) is 70.4 Å². The Kier molecular flexibility index (Phi) is 5.37. The minimum atomic E-state index is -1.03. The predicted molar refractivity (Wildman–Crippen MR) is 119 cm³/mol. The molecule has 0 saturated heterocycles. The zero-order valence-electron chi connectivity index (χ0n) is 16.8. The molecule has 0 aliphatic carbocycles. The molecule has 1 atom stereocenters. The van der Waals surface area contributed by atoms with Gasteiger partial charge in [0.05, 0.1) is 36.7 Å². The molecule has 0 amide bonds. The molecule has 152 valence electrons. The Morgan fingerprint density at radius 1 is 0.933 bits per heavy atom. The number of ether oxygens (including phenoxy) is 2. The maximum absolute atomic E-state index is 12.8. The number of hydrogen-bond acceptors (Lipinski definition) is 5. The summed E-state index contributed by atoms with van der Waals surface area (Å²) in [7, 11) is 2.06. The van der Waals surface area contributed by atoms with Gasteiger partial charge in [-0.15, -0.1) is 0 Å². The van der Waals surface area contributed by atoms with Crippen LogP contribution in [0.25, 0.3) is 33.4 Å². The SMILES string of the molecule is COc1cc(OC)c2c(=O)[nH]c(-c3cccc(-c4ccc(S(C)=O)cc4)n3)cc2c1. The first-order valence-electron chi connectivity index (χ1n) is 9.20. The fourth-order valence-electron chi connectivity index (χ4n) is 3.32. The molecule has 2 aromatic carbocycles. The third-order valence-electron chi connectivity index (χ3n) is 4.84. The molecule has 0 bridgehead atoms. The van der Waals surface area contributed by atoms with Crippen molar-refractivity contribution < 1.29 is 13.7 Å². The van der Waals surface area contributed by atoms with Gasteiger partial charge in [-0.1, -0.05) is 18.2 Å². The summed E-state index contributed by atoms with van der Waals surface area (Å²) in [6, 6.07) is 18.4. The topological polar surface area (TPSA) is 81.3 Å². The largest absolute Gasteiger partial charge is 0.497 e. The zero-order valence-corrected chi connectivity index (χ0v) is 17.6. The van der Waals surface area contributed by atoms with E-state index in [0.717, 1.165) is 16.2 Å². The molecule has 6 nitrogen and oxygen atoms in total. The number of H-pyrrole nitrogens is 1. The monoisotopic (exact) mass is 420 g/mol. The molecule has 0 fully saturated rings. The summed E-state index contributed by atoms with van der Waals surface area (Å²) in [5, 5.41) is 1.16. The first-order chi connectivity index (χ1) is 14.5. The second-order valence-electron chi connectivity index (χ2n) is 6.69. The highest BCUT2D eigenvalue weighted by molar-refractivity contribution is 7.84. The maximum atomic E-state index is 12.8. The van der Waals surface area contributed by atoms with Crippen LogP contribution in [0.2, 0.25) is 0 Å². The minimum absolute atomic E-state index is 0.260. The van der Waals surface area contributed by atoms with Gasteiger partial charge in [-0.05, 0) is 41.8 Å². The number of methoxy groups -OCH3 is 2. The molecule has 0 aliphatic heterocycles. The first kappa shape index (κ1) is 19.8. The summed E-state index contributed by atoms with van der Waals surface area (Å²) in [4.78, 5) is 21.2. The minimum Gasteiger partial charge on any atom is -0.497 e. The van der Waals surface area contributed by atoms with E-state index in [1.54, 1.807) is 25.5 Å². The van der Waals surface area contributed by atoms with Crippen LogP contribution in [0.1, 0.15) is 0 Å². The van der Waals surface area contributed by atoms with Crippen molar-refractivity contribution in [2.75, 3.05) is 20.5 Å². The van der Waals surface area contributed by atoms with E-state index in [-0.39, 0.29) is 5.56 Å². The van der Waals surface area contributed by atoms with Crippen molar-refractivity contribution in [3.63, 3.8) is 0 Å². The Hall–Kier alpha value is -3.45. The van der Waals surface area contributed by atoms with Crippen molar-refractivity contribution >= 4 is 21.6 Å². The van der Waals surface area contributed by atoms with E-state index in [1.165, 1.54) is 7.11 Å². The van der Waals surface area contributed by atoms with E-state index in [0.29, 0.717) is 33.7 Å². The summed E-state index contributed by atoms with van der Waals surface area (Å²) in [5.74, 6) is 1.05. The van der Waals surface area contributed by atoms with Gasteiger partial charge in [-0.2, -0.15) is 0 Å². The molecule has 0 radical (unpaired) electrons. The summed E-state index contributed by atoms with van der Waals surface area (Å²) in [5.41, 5.74) is 2.62. The number of benzene rings is 2. The lowest BCUT2D eigenvalue weighted by molar-refractivity contribution is 0.398. The highest BCUT2D eigenvalue weighted by Crippen LogP contribution is 2.31. The Labute approximate surface area is 176 Å². The van der Waals surface area contributed by atoms with Crippen LogP contribution in [-0.4, -0.2) is 34.7 Å². The fourth-order valence-corrected chi connectivity index (χ4v) is 3.84. The van der Waals surface area contributed by atoms with E-state index in [9.17, 15) is 9.00 Å². The Balaban J connectivity index is 1.82. The summed E-state index contributed by atoms with van der Waals surface area (Å²) < 4.78 is 22.3. The van der Waals surface area contributed by atoms with Crippen molar-refractivity contribution in [1.82, 2.24) is 9.97 Å². The molecule has 0 saturated carbocycles. The third-order valence-corrected chi connectivity index (χ3v) is 5.78. The van der Waals surface area contributed by atoms with Crippen LogP contribution in [0, 0.1) is 0 Å². The van der Waals surface area contributed by atoms with Crippen molar-refractivity contribution in [2.24, 2.45) is 0 Å². The van der Waals surface area contributed by atoms with Gasteiger partial charge in [0.25, 0.3) is 5.56 Å². The van der Waals surface area contributed by atoms with Crippen molar-refractivity contribution in [3.8, 4) is 34.1 Å². The van der Waals surface area contributed by atoms with Crippen LogP contribution in [0.5, 0.6) is 11.5 Å². The second-order valence-corrected chi connectivity index (χ2v) is 8.07.